The van der Waals surface area contributed by atoms with Crippen LogP contribution in [0.2, 0.25) is 0 Å². The van der Waals surface area contributed by atoms with Gasteiger partial charge in [-0.2, -0.15) is 5.10 Å². The van der Waals surface area contributed by atoms with Crippen molar-refractivity contribution >= 4 is 30.7 Å². The van der Waals surface area contributed by atoms with E-state index in [4.69, 9.17) is 0 Å². The van der Waals surface area contributed by atoms with E-state index in [1.807, 2.05) is 12.1 Å². The van der Waals surface area contributed by atoms with E-state index >= 15 is 0 Å². The van der Waals surface area contributed by atoms with Gasteiger partial charge in [0.05, 0.1) is 6.54 Å². The van der Waals surface area contributed by atoms with Crippen molar-refractivity contribution in [2.75, 3.05) is 6.54 Å². The molecule has 1 aromatic carbocycles. The minimum absolute atomic E-state index is 0. The Balaban J connectivity index is 0.00000156. The monoisotopic (exact) mass is 385 g/mol. The smallest absolute Gasteiger partial charge is 0.223 e. The zero-order valence-corrected chi connectivity index (χ0v) is 15.9. The van der Waals surface area contributed by atoms with Crippen LogP contribution in [0.5, 0.6) is 0 Å². The molecule has 0 bridgehead atoms. The zero-order valence-electron chi connectivity index (χ0n) is 14.2. The van der Waals surface area contributed by atoms with Crippen LogP contribution in [0.4, 0.5) is 0 Å². The van der Waals surface area contributed by atoms with Crippen molar-refractivity contribution in [3.63, 3.8) is 0 Å². The molecule has 2 heterocycles. The molecule has 1 aromatic heterocycles. The lowest BCUT2D eigenvalue weighted by Crippen LogP contribution is -2.42. The molecule has 2 aromatic rings. The highest BCUT2D eigenvalue weighted by molar-refractivity contribution is 5.85. The summed E-state index contributed by atoms with van der Waals surface area (Å²) in [5.41, 5.74) is 2.27. The van der Waals surface area contributed by atoms with E-state index in [-0.39, 0.29) is 36.6 Å². The van der Waals surface area contributed by atoms with Gasteiger partial charge in [0, 0.05) is 18.5 Å². The number of carbonyl (C=O) groups is 1. The maximum atomic E-state index is 12.4. The van der Waals surface area contributed by atoms with Gasteiger partial charge in [-0.05, 0) is 37.4 Å². The molecule has 1 aliphatic rings. The Morgan fingerprint density at radius 2 is 2.08 bits per heavy atom. The van der Waals surface area contributed by atoms with Gasteiger partial charge in [-0.1, -0.05) is 24.3 Å². The molecule has 1 fully saturated rings. The van der Waals surface area contributed by atoms with Crippen molar-refractivity contribution in [2.45, 2.75) is 38.9 Å². The molecule has 0 saturated carbocycles. The van der Waals surface area contributed by atoms with Crippen molar-refractivity contribution in [2.24, 2.45) is 5.92 Å². The predicted molar refractivity (Wildman–Crippen MR) is 102 cm³/mol. The SMILES string of the molecule is C[C@H]1C[C@@H](C(=O)NCc2ccccc2Cn2cncn2)CCN1.Cl.Cl. The Kier molecular flexibility index (Phi) is 8.89. The number of rotatable bonds is 5. The van der Waals surface area contributed by atoms with Crippen molar-refractivity contribution in [3.05, 3.63) is 48.0 Å². The topological polar surface area (TPSA) is 71.8 Å². The first-order chi connectivity index (χ1) is 11.2. The third-order valence-electron chi connectivity index (χ3n) is 4.36. The van der Waals surface area contributed by atoms with Crippen LogP contribution in [0.3, 0.4) is 0 Å². The molecule has 2 atom stereocenters. The molecule has 3 rings (SSSR count). The van der Waals surface area contributed by atoms with Crippen LogP contribution in [0.15, 0.2) is 36.9 Å². The van der Waals surface area contributed by atoms with Crippen LogP contribution in [0.25, 0.3) is 0 Å². The maximum absolute atomic E-state index is 12.4. The quantitative estimate of drug-likeness (QED) is 0.826. The van der Waals surface area contributed by atoms with E-state index in [9.17, 15) is 4.79 Å². The second-order valence-electron chi connectivity index (χ2n) is 6.16. The maximum Gasteiger partial charge on any atom is 0.223 e. The molecule has 0 aliphatic carbocycles. The fraction of sp³-hybridized carbons (Fsp3) is 0.471. The second-order valence-corrected chi connectivity index (χ2v) is 6.16. The predicted octanol–water partition coefficient (Wildman–Crippen LogP) is 2.17. The number of benzene rings is 1. The molecule has 25 heavy (non-hydrogen) atoms. The molecule has 1 saturated heterocycles. The minimum atomic E-state index is 0. The highest BCUT2D eigenvalue weighted by atomic mass is 35.5. The molecule has 0 spiro atoms. The molecule has 6 nitrogen and oxygen atoms in total. The number of halogens is 2. The lowest BCUT2D eigenvalue weighted by Gasteiger charge is -2.27. The van der Waals surface area contributed by atoms with Crippen molar-refractivity contribution in [3.8, 4) is 0 Å². The van der Waals surface area contributed by atoms with Gasteiger partial charge >= 0.3 is 0 Å². The van der Waals surface area contributed by atoms with Crippen LogP contribution in [-0.2, 0) is 17.9 Å². The third kappa shape index (κ3) is 5.99. The van der Waals surface area contributed by atoms with E-state index in [0.29, 0.717) is 19.1 Å². The van der Waals surface area contributed by atoms with Gasteiger partial charge < -0.3 is 10.6 Å². The summed E-state index contributed by atoms with van der Waals surface area (Å²) in [5, 5.41) is 10.6. The fourth-order valence-electron chi connectivity index (χ4n) is 3.07. The van der Waals surface area contributed by atoms with Crippen molar-refractivity contribution in [1.29, 1.82) is 0 Å². The van der Waals surface area contributed by atoms with Gasteiger partial charge in [-0.15, -0.1) is 24.8 Å². The summed E-state index contributed by atoms with van der Waals surface area (Å²) in [7, 11) is 0. The second kappa shape index (κ2) is 10.4. The largest absolute Gasteiger partial charge is 0.352 e. The highest BCUT2D eigenvalue weighted by Crippen LogP contribution is 2.17. The lowest BCUT2D eigenvalue weighted by atomic mass is 9.92. The summed E-state index contributed by atoms with van der Waals surface area (Å²) in [6.07, 6.45) is 5.05. The molecule has 8 heteroatoms. The number of hydrogen-bond acceptors (Lipinski definition) is 4. The number of aromatic nitrogens is 3. The van der Waals surface area contributed by atoms with Gasteiger partial charge in [0.15, 0.2) is 0 Å². The summed E-state index contributed by atoms with van der Waals surface area (Å²) >= 11 is 0. The Morgan fingerprint density at radius 1 is 1.32 bits per heavy atom. The molecule has 2 N–H and O–H groups in total. The first kappa shape index (κ1) is 21.4. The molecular formula is C17H25Cl2N5O. The van der Waals surface area contributed by atoms with Gasteiger partial charge in [-0.25, -0.2) is 9.67 Å². The van der Waals surface area contributed by atoms with Crippen molar-refractivity contribution < 1.29 is 4.79 Å². The zero-order chi connectivity index (χ0) is 16.1. The first-order valence-corrected chi connectivity index (χ1v) is 8.12. The molecule has 138 valence electrons. The lowest BCUT2D eigenvalue weighted by molar-refractivity contribution is -0.126. The number of hydrogen-bond donors (Lipinski definition) is 2. The number of amides is 1. The number of nitrogens with zero attached hydrogens (tertiary/aromatic N) is 3. The van der Waals surface area contributed by atoms with E-state index in [0.717, 1.165) is 30.5 Å². The summed E-state index contributed by atoms with van der Waals surface area (Å²) in [6, 6.07) is 8.54. The number of piperidine rings is 1. The summed E-state index contributed by atoms with van der Waals surface area (Å²) in [4.78, 5) is 16.3. The van der Waals surface area contributed by atoms with Crippen LogP contribution >= 0.6 is 24.8 Å². The Hall–Kier alpha value is -1.63. The average Bonchev–Trinajstić information content (AvgIpc) is 3.07. The first-order valence-electron chi connectivity index (χ1n) is 8.12. The Labute approximate surface area is 160 Å². The van der Waals surface area contributed by atoms with E-state index in [1.54, 1.807) is 11.0 Å². The van der Waals surface area contributed by atoms with Gasteiger partial charge in [0.2, 0.25) is 5.91 Å². The number of nitrogens with one attached hydrogen (secondary N) is 2. The minimum Gasteiger partial charge on any atom is -0.352 e. The van der Waals surface area contributed by atoms with Crippen LogP contribution in [0, 0.1) is 5.92 Å². The van der Waals surface area contributed by atoms with Gasteiger partial charge in [-0.3, -0.25) is 4.79 Å². The van der Waals surface area contributed by atoms with Gasteiger partial charge in [0.25, 0.3) is 0 Å². The van der Waals surface area contributed by atoms with Crippen LogP contribution in [-0.4, -0.2) is 33.3 Å². The average molecular weight is 386 g/mol. The number of carbonyl (C=O) groups excluding carboxylic acids is 1. The Morgan fingerprint density at radius 3 is 2.76 bits per heavy atom. The van der Waals surface area contributed by atoms with E-state index in [1.165, 1.54) is 6.33 Å². The molecular weight excluding hydrogens is 361 g/mol. The normalized spacial score (nSPS) is 19.4. The summed E-state index contributed by atoms with van der Waals surface area (Å²) in [5.74, 6) is 0.280. The molecule has 0 unspecified atom stereocenters. The molecule has 0 radical (unpaired) electrons. The van der Waals surface area contributed by atoms with E-state index in [2.05, 4.69) is 39.8 Å². The summed E-state index contributed by atoms with van der Waals surface area (Å²) in [6.45, 7) is 4.27. The summed E-state index contributed by atoms with van der Waals surface area (Å²) < 4.78 is 1.79. The molecule has 1 amide bonds. The van der Waals surface area contributed by atoms with E-state index < -0.39 is 0 Å². The molecule has 1 aliphatic heterocycles. The third-order valence-corrected chi connectivity index (χ3v) is 4.36. The highest BCUT2D eigenvalue weighted by Gasteiger charge is 2.24. The standard InChI is InChI=1S/C17H23N5O.2ClH/c1-13-8-14(6-7-19-13)17(23)20-9-15-4-2-3-5-16(15)10-22-12-18-11-21-22;;/h2-5,11-14,19H,6-10H2,1H3,(H,20,23);2*1H/t13-,14-;;/m0../s1. The van der Waals surface area contributed by atoms with Crippen molar-refractivity contribution in [1.82, 2.24) is 25.4 Å². The van der Waals surface area contributed by atoms with Crippen LogP contribution in [0.1, 0.15) is 30.9 Å². The van der Waals surface area contributed by atoms with Crippen LogP contribution < -0.4 is 10.6 Å². The van der Waals surface area contributed by atoms with Gasteiger partial charge in [0.1, 0.15) is 12.7 Å². The Bertz CT molecular complexity index is 650. The fourth-order valence-corrected chi connectivity index (χ4v) is 3.07.